The van der Waals surface area contributed by atoms with E-state index in [1.54, 1.807) is 0 Å². The highest BCUT2D eigenvalue weighted by molar-refractivity contribution is 7.99. The highest BCUT2D eigenvalue weighted by atomic mass is 32.2. The van der Waals surface area contributed by atoms with Crippen molar-refractivity contribution in [2.45, 2.75) is 25.5 Å². The Balaban J connectivity index is 1.32. The Labute approximate surface area is 195 Å². The van der Waals surface area contributed by atoms with Crippen molar-refractivity contribution >= 4 is 45.2 Å². The molecule has 0 aliphatic heterocycles. The summed E-state index contributed by atoms with van der Waals surface area (Å²) < 4.78 is 3.72. The van der Waals surface area contributed by atoms with E-state index >= 15 is 0 Å². The third kappa shape index (κ3) is 3.82. The standard InChI is InChI=1S/C25H24N6OS/c1-3-30-21-11-7-6-10-19(21)20-14-17(12-13-22(20)30)27-23(32)15-33-25-29-28-24(31(25)26)18-9-5-4-8-16(18)2/h4-14H,3,15,26H2,1-2H3,(H,27,32). The second-order valence-corrected chi connectivity index (χ2v) is 8.76. The topological polar surface area (TPSA) is 90.8 Å². The first-order valence-corrected chi connectivity index (χ1v) is 11.8. The first-order chi connectivity index (χ1) is 16.1. The lowest BCUT2D eigenvalue weighted by Crippen LogP contribution is -2.16. The molecule has 0 unspecified atom stereocenters. The molecule has 8 heteroatoms. The molecule has 3 aromatic carbocycles. The first-order valence-electron chi connectivity index (χ1n) is 10.8. The Morgan fingerprint density at radius 1 is 1.00 bits per heavy atom. The molecule has 0 spiro atoms. The number of nitrogens with two attached hydrogens (primary N) is 1. The molecule has 0 fully saturated rings. The maximum Gasteiger partial charge on any atom is 0.234 e. The third-order valence-electron chi connectivity index (χ3n) is 5.76. The van der Waals surface area contributed by atoms with Crippen LogP contribution in [0.1, 0.15) is 12.5 Å². The van der Waals surface area contributed by atoms with E-state index in [9.17, 15) is 4.79 Å². The van der Waals surface area contributed by atoms with Crippen LogP contribution >= 0.6 is 11.8 Å². The van der Waals surface area contributed by atoms with Crippen LogP contribution in [0.2, 0.25) is 0 Å². The second-order valence-electron chi connectivity index (χ2n) is 7.82. The molecule has 0 radical (unpaired) electrons. The van der Waals surface area contributed by atoms with E-state index < -0.39 is 0 Å². The van der Waals surface area contributed by atoms with Gasteiger partial charge in [-0.1, -0.05) is 54.2 Å². The van der Waals surface area contributed by atoms with Crippen LogP contribution in [0, 0.1) is 6.92 Å². The Bertz CT molecular complexity index is 1490. The van der Waals surface area contributed by atoms with Crippen LogP contribution in [0.3, 0.4) is 0 Å². The summed E-state index contributed by atoms with van der Waals surface area (Å²) >= 11 is 1.26. The zero-order valence-corrected chi connectivity index (χ0v) is 19.3. The molecule has 0 atom stereocenters. The Kier molecular flexibility index (Phi) is 5.51. The maximum atomic E-state index is 12.7. The van der Waals surface area contributed by atoms with Gasteiger partial charge in [-0.15, -0.1) is 10.2 Å². The number of anilines is 1. The van der Waals surface area contributed by atoms with Gasteiger partial charge in [-0.05, 0) is 43.7 Å². The summed E-state index contributed by atoms with van der Waals surface area (Å²) in [6.45, 7) is 5.02. The lowest BCUT2D eigenvalue weighted by molar-refractivity contribution is -0.113. The van der Waals surface area contributed by atoms with Gasteiger partial charge in [-0.25, -0.2) is 4.68 Å². The number of fused-ring (bicyclic) bond motifs is 3. The number of nitrogens with zero attached hydrogens (tertiary/aromatic N) is 4. The van der Waals surface area contributed by atoms with Gasteiger partial charge >= 0.3 is 0 Å². The van der Waals surface area contributed by atoms with Gasteiger partial charge in [0.15, 0.2) is 5.82 Å². The van der Waals surface area contributed by atoms with Crippen LogP contribution in [0.15, 0.2) is 71.9 Å². The van der Waals surface area contributed by atoms with Crippen molar-refractivity contribution in [1.82, 2.24) is 19.4 Å². The van der Waals surface area contributed by atoms with Crippen LogP contribution in [0.25, 0.3) is 33.2 Å². The summed E-state index contributed by atoms with van der Waals surface area (Å²) in [4.78, 5) is 12.7. The smallest absolute Gasteiger partial charge is 0.234 e. The van der Waals surface area contributed by atoms with Crippen molar-refractivity contribution in [3.05, 3.63) is 72.3 Å². The lowest BCUT2D eigenvalue weighted by atomic mass is 10.1. The maximum absolute atomic E-state index is 12.7. The largest absolute Gasteiger partial charge is 0.341 e. The van der Waals surface area contributed by atoms with Crippen LogP contribution in [0.5, 0.6) is 0 Å². The average molecular weight is 457 g/mol. The molecule has 0 aliphatic rings. The number of aromatic nitrogens is 4. The number of nitrogens with one attached hydrogen (secondary N) is 1. The molecular formula is C25H24N6OS. The molecule has 7 nitrogen and oxygen atoms in total. The SMILES string of the molecule is CCn1c2ccccc2c2cc(NC(=O)CSc3nnc(-c4ccccc4C)n3N)ccc21. The molecule has 3 N–H and O–H groups in total. The summed E-state index contributed by atoms with van der Waals surface area (Å²) in [7, 11) is 0. The van der Waals surface area contributed by atoms with Crippen molar-refractivity contribution in [2.75, 3.05) is 16.9 Å². The minimum Gasteiger partial charge on any atom is -0.341 e. The van der Waals surface area contributed by atoms with E-state index in [1.807, 2.05) is 55.5 Å². The van der Waals surface area contributed by atoms with Gasteiger partial charge in [-0.3, -0.25) is 4.79 Å². The second kappa shape index (κ2) is 8.63. The molecule has 5 aromatic rings. The van der Waals surface area contributed by atoms with Gasteiger partial charge in [0, 0.05) is 39.6 Å². The third-order valence-corrected chi connectivity index (χ3v) is 6.70. The predicted octanol–water partition coefficient (Wildman–Crippen LogP) is 4.83. The quantitative estimate of drug-likeness (QED) is 0.282. The molecule has 0 bridgehead atoms. The zero-order valence-electron chi connectivity index (χ0n) is 18.4. The number of carbonyl (C=O) groups excluding carboxylic acids is 1. The van der Waals surface area contributed by atoms with Gasteiger partial charge in [0.05, 0.1) is 5.75 Å². The van der Waals surface area contributed by atoms with Gasteiger partial charge in [-0.2, -0.15) is 0 Å². The summed E-state index contributed by atoms with van der Waals surface area (Å²) in [6, 6.07) is 22.2. The van der Waals surface area contributed by atoms with Crippen LogP contribution in [-0.4, -0.2) is 31.1 Å². The average Bonchev–Trinajstić information content (AvgIpc) is 3.35. The molecular weight excluding hydrogens is 432 g/mol. The van der Waals surface area contributed by atoms with Crippen LogP contribution < -0.4 is 11.2 Å². The number of hydrogen-bond donors (Lipinski definition) is 2. The lowest BCUT2D eigenvalue weighted by Gasteiger charge is -2.07. The number of para-hydroxylation sites is 1. The molecule has 0 aliphatic carbocycles. The van der Waals surface area contributed by atoms with E-state index in [4.69, 9.17) is 5.84 Å². The molecule has 2 heterocycles. The highest BCUT2D eigenvalue weighted by Gasteiger charge is 2.16. The van der Waals surface area contributed by atoms with Crippen molar-refractivity contribution < 1.29 is 4.79 Å². The van der Waals surface area contributed by atoms with Gasteiger partial charge in [0.25, 0.3) is 0 Å². The summed E-state index contributed by atoms with van der Waals surface area (Å²) in [6.07, 6.45) is 0. The van der Waals surface area contributed by atoms with Gasteiger partial charge in [0.1, 0.15) is 0 Å². The number of aryl methyl sites for hydroxylation is 2. The molecule has 2 aromatic heterocycles. The first kappa shape index (κ1) is 21.1. The van der Waals surface area contributed by atoms with E-state index in [-0.39, 0.29) is 11.7 Å². The monoisotopic (exact) mass is 456 g/mol. The van der Waals surface area contributed by atoms with E-state index in [1.165, 1.54) is 27.3 Å². The van der Waals surface area contributed by atoms with Crippen LogP contribution in [0.4, 0.5) is 5.69 Å². The Morgan fingerprint density at radius 2 is 1.76 bits per heavy atom. The number of benzene rings is 3. The molecule has 5 rings (SSSR count). The molecule has 0 saturated heterocycles. The Hall–Kier alpha value is -3.78. The number of rotatable bonds is 6. The molecule has 166 valence electrons. The summed E-state index contributed by atoms with van der Waals surface area (Å²) in [5.74, 6) is 6.84. The predicted molar refractivity (Wildman–Crippen MR) is 135 cm³/mol. The van der Waals surface area contributed by atoms with Crippen molar-refractivity contribution in [3.63, 3.8) is 0 Å². The fourth-order valence-electron chi connectivity index (χ4n) is 4.18. The van der Waals surface area contributed by atoms with Crippen molar-refractivity contribution in [3.8, 4) is 11.4 Å². The normalized spacial score (nSPS) is 11.3. The number of hydrogen-bond acceptors (Lipinski definition) is 5. The van der Waals surface area contributed by atoms with Crippen LogP contribution in [-0.2, 0) is 11.3 Å². The number of amides is 1. The fourth-order valence-corrected chi connectivity index (χ4v) is 4.84. The number of carbonyl (C=O) groups is 1. The highest BCUT2D eigenvalue weighted by Crippen LogP contribution is 2.31. The minimum absolute atomic E-state index is 0.126. The molecule has 1 amide bonds. The zero-order chi connectivity index (χ0) is 22.9. The van der Waals surface area contributed by atoms with Gasteiger partial charge < -0.3 is 15.7 Å². The molecule has 33 heavy (non-hydrogen) atoms. The number of thioether (sulfide) groups is 1. The Morgan fingerprint density at radius 3 is 2.58 bits per heavy atom. The fraction of sp³-hybridized carbons (Fsp3) is 0.160. The van der Waals surface area contributed by atoms with E-state index in [0.29, 0.717) is 11.0 Å². The van der Waals surface area contributed by atoms with Crippen molar-refractivity contribution in [2.24, 2.45) is 0 Å². The molecule has 0 saturated carbocycles. The van der Waals surface area contributed by atoms with Crippen molar-refractivity contribution in [1.29, 1.82) is 0 Å². The minimum atomic E-state index is -0.126. The summed E-state index contributed by atoms with van der Waals surface area (Å²) in [5.41, 5.74) is 5.10. The van der Waals surface area contributed by atoms with E-state index in [2.05, 4.69) is 45.2 Å². The summed E-state index contributed by atoms with van der Waals surface area (Å²) in [5, 5.41) is 14.2. The van der Waals surface area contributed by atoms with E-state index in [0.717, 1.165) is 34.3 Å². The van der Waals surface area contributed by atoms with Gasteiger partial charge in [0.2, 0.25) is 11.1 Å². The number of nitrogen functional groups attached to an aromatic ring is 1.